The third-order valence-electron chi connectivity index (χ3n) is 7.32. The Hall–Kier alpha value is -0.0800. The van der Waals surface area contributed by atoms with E-state index >= 15 is 0 Å². The van der Waals surface area contributed by atoms with Crippen molar-refractivity contribution in [3.05, 3.63) is 0 Å². The molecule has 2 heterocycles. The summed E-state index contributed by atoms with van der Waals surface area (Å²) in [4.78, 5) is 3.00. The number of rotatable bonds is 3. The van der Waals surface area contributed by atoms with Crippen molar-refractivity contribution in [2.45, 2.75) is 88.9 Å². The van der Waals surface area contributed by atoms with Gasteiger partial charge in [0.05, 0.1) is 0 Å². The fraction of sp³-hybridized carbons (Fsp3) is 1.00. The van der Waals surface area contributed by atoms with Crippen LogP contribution in [0.2, 0.25) is 0 Å². The lowest BCUT2D eigenvalue weighted by Crippen LogP contribution is -2.60. The van der Waals surface area contributed by atoms with Gasteiger partial charge in [0.25, 0.3) is 0 Å². The first-order chi connectivity index (χ1) is 9.76. The Kier molecular flexibility index (Phi) is 3.58. The lowest BCUT2D eigenvalue weighted by atomic mass is 9.76. The molecule has 4 rings (SSSR count). The van der Waals surface area contributed by atoms with Crippen LogP contribution in [0.15, 0.2) is 0 Å². The van der Waals surface area contributed by atoms with Gasteiger partial charge in [0.2, 0.25) is 0 Å². The van der Waals surface area contributed by atoms with E-state index in [0.29, 0.717) is 0 Å². The zero-order valence-electron chi connectivity index (χ0n) is 13.4. The molecule has 20 heavy (non-hydrogen) atoms. The number of piperidine rings is 2. The molecule has 0 aromatic carbocycles. The number of hydrogen-bond acceptors (Lipinski definition) is 2. The maximum absolute atomic E-state index is 3.56. The van der Waals surface area contributed by atoms with Crippen molar-refractivity contribution in [3.63, 3.8) is 0 Å². The van der Waals surface area contributed by atoms with Crippen molar-refractivity contribution in [1.82, 2.24) is 10.2 Å². The second-order valence-corrected chi connectivity index (χ2v) is 8.22. The predicted molar refractivity (Wildman–Crippen MR) is 83.7 cm³/mol. The van der Waals surface area contributed by atoms with Crippen molar-refractivity contribution < 1.29 is 0 Å². The summed E-state index contributed by atoms with van der Waals surface area (Å²) in [6.07, 6.45) is 13.4. The summed E-state index contributed by atoms with van der Waals surface area (Å²) in [6.45, 7) is 2.58. The van der Waals surface area contributed by atoms with Crippen molar-refractivity contribution in [3.8, 4) is 0 Å². The molecule has 4 fully saturated rings. The van der Waals surface area contributed by atoms with Crippen LogP contribution in [-0.4, -0.2) is 36.1 Å². The van der Waals surface area contributed by atoms with Crippen molar-refractivity contribution in [2.24, 2.45) is 17.8 Å². The first-order valence-electron chi connectivity index (χ1n) is 9.21. The monoisotopic (exact) mass is 276 g/mol. The van der Waals surface area contributed by atoms with E-state index in [4.69, 9.17) is 0 Å². The normalized spacial score (nSPS) is 49.5. The Morgan fingerprint density at radius 1 is 0.950 bits per heavy atom. The van der Waals surface area contributed by atoms with Gasteiger partial charge in [-0.15, -0.1) is 0 Å². The number of nitrogens with one attached hydrogen (secondary N) is 1. The zero-order valence-corrected chi connectivity index (χ0v) is 13.4. The van der Waals surface area contributed by atoms with E-state index in [1.807, 2.05) is 0 Å². The molecule has 0 radical (unpaired) electrons. The second kappa shape index (κ2) is 5.28. The van der Waals surface area contributed by atoms with Gasteiger partial charge in [-0.3, -0.25) is 4.90 Å². The molecule has 2 aliphatic heterocycles. The third kappa shape index (κ3) is 2.14. The molecule has 0 aromatic rings. The van der Waals surface area contributed by atoms with Crippen LogP contribution in [0.1, 0.15) is 64.7 Å². The van der Waals surface area contributed by atoms with Crippen LogP contribution in [0, 0.1) is 17.8 Å². The van der Waals surface area contributed by atoms with Gasteiger partial charge in [-0.2, -0.15) is 0 Å². The van der Waals surface area contributed by atoms with E-state index in [1.165, 1.54) is 32.1 Å². The minimum absolute atomic E-state index is 0.786. The minimum Gasteiger partial charge on any atom is -0.317 e. The lowest BCUT2D eigenvalue weighted by Gasteiger charge is -2.53. The molecule has 0 amide bonds. The fourth-order valence-electron chi connectivity index (χ4n) is 6.42. The minimum atomic E-state index is 0.786. The summed E-state index contributed by atoms with van der Waals surface area (Å²) in [5, 5.41) is 3.56. The Morgan fingerprint density at radius 3 is 2.25 bits per heavy atom. The first kappa shape index (κ1) is 13.6. The van der Waals surface area contributed by atoms with E-state index in [0.717, 1.165) is 41.9 Å². The average molecular weight is 276 g/mol. The molecule has 2 heteroatoms. The van der Waals surface area contributed by atoms with Crippen LogP contribution in [0.4, 0.5) is 0 Å². The fourth-order valence-corrected chi connectivity index (χ4v) is 6.42. The molecule has 114 valence electrons. The van der Waals surface area contributed by atoms with Crippen molar-refractivity contribution >= 4 is 0 Å². The smallest absolute Gasteiger partial charge is 0.0116 e. The lowest BCUT2D eigenvalue weighted by molar-refractivity contribution is -0.0313. The Labute approximate surface area is 124 Å². The van der Waals surface area contributed by atoms with Gasteiger partial charge in [0.15, 0.2) is 0 Å². The Bertz CT molecular complexity index is 341. The molecule has 2 nitrogen and oxygen atoms in total. The highest BCUT2D eigenvalue weighted by Gasteiger charge is 2.47. The summed E-state index contributed by atoms with van der Waals surface area (Å²) < 4.78 is 0. The Balaban J connectivity index is 1.49. The van der Waals surface area contributed by atoms with Crippen LogP contribution in [-0.2, 0) is 0 Å². The van der Waals surface area contributed by atoms with E-state index in [1.54, 1.807) is 25.7 Å². The molecule has 6 atom stereocenters. The summed E-state index contributed by atoms with van der Waals surface area (Å²) >= 11 is 0. The van der Waals surface area contributed by atoms with Gasteiger partial charge in [-0.1, -0.05) is 12.8 Å². The molecule has 0 aromatic heterocycles. The number of fused-ring (bicyclic) bond motifs is 4. The van der Waals surface area contributed by atoms with Gasteiger partial charge in [0.1, 0.15) is 0 Å². The molecule has 4 aliphatic rings. The van der Waals surface area contributed by atoms with Crippen molar-refractivity contribution in [1.29, 1.82) is 0 Å². The summed E-state index contributed by atoms with van der Waals surface area (Å²) in [7, 11) is 2.16. The first-order valence-corrected chi connectivity index (χ1v) is 9.21. The highest BCUT2D eigenvalue weighted by Crippen LogP contribution is 2.51. The van der Waals surface area contributed by atoms with Gasteiger partial charge in [-0.05, 0) is 76.7 Å². The topological polar surface area (TPSA) is 15.3 Å². The molecule has 1 N–H and O–H groups in total. The number of nitrogens with zero attached hydrogens (tertiary/aromatic N) is 1. The van der Waals surface area contributed by atoms with E-state index in [9.17, 15) is 0 Å². The molecular weight excluding hydrogens is 244 g/mol. The Morgan fingerprint density at radius 2 is 1.70 bits per heavy atom. The maximum atomic E-state index is 3.56. The van der Waals surface area contributed by atoms with E-state index in [2.05, 4.69) is 24.2 Å². The average Bonchev–Trinajstić information content (AvgIpc) is 3.07. The SMILES string of the molecule is CNC1CC2CCCC(C1)N2C(C)C1CC2CCC1C2. The maximum Gasteiger partial charge on any atom is 0.0116 e. The van der Waals surface area contributed by atoms with E-state index < -0.39 is 0 Å². The van der Waals surface area contributed by atoms with Crippen LogP contribution < -0.4 is 5.32 Å². The summed E-state index contributed by atoms with van der Waals surface area (Å²) in [6, 6.07) is 3.41. The van der Waals surface area contributed by atoms with Gasteiger partial charge < -0.3 is 5.32 Å². The third-order valence-corrected chi connectivity index (χ3v) is 7.32. The predicted octanol–water partition coefficient (Wildman–Crippen LogP) is 3.42. The molecule has 0 spiro atoms. The molecule has 2 saturated carbocycles. The molecule has 6 unspecified atom stereocenters. The van der Waals surface area contributed by atoms with Gasteiger partial charge >= 0.3 is 0 Å². The summed E-state index contributed by atoms with van der Waals surface area (Å²) in [5.41, 5.74) is 0. The van der Waals surface area contributed by atoms with E-state index in [-0.39, 0.29) is 0 Å². The highest BCUT2D eigenvalue weighted by atomic mass is 15.2. The molecule has 4 bridgehead atoms. The van der Waals surface area contributed by atoms with Gasteiger partial charge in [-0.25, -0.2) is 0 Å². The molecule has 2 saturated heterocycles. The second-order valence-electron chi connectivity index (χ2n) is 8.22. The zero-order chi connectivity index (χ0) is 13.7. The van der Waals surface area contributed by atoms with Crippen LogP contribution in [0.25, 0.3) is 0 Å². The summed E-state index contributed by atoms with van der Waals surface area (Å²) in [5.74, 6) is 3.21. The van der Waals surface area contributed by atoms with Crippen LogP contribution >= 0.6 is 0 Å². The highest BCUT2D eigenvalue weighted by molar-refractivity contribution is 5.01. The van der Waals surface area contributed by atoms with Crippen LogP contribution in [0.5, 0.6) is 0 Å². The standard InChI is InChI=1S/C18H32N2/c1-12(18-9-13-6-7-14(18)8-13)20-16-4-3-5-17(20)11-15(10-16)19-2/h12-19H,3-11H2,1-2H3. The quantitative estimate of drug-likeness (QED) is 0.850. The van der Waals surface area contributed by atoms with Gasteiger partial charge in [0, 0.05) is 24.2 Å². The van der Waals surface area contributed by atoms with Crippen LogP contribution in [0.3, 0.4) is 0 Å². The number of hydrogen-bond donors (Lipinski definition) is 1. The molecular formula is C18H32N2. The largest absolute Gasteiger partial charge is 0.317 e. The van der Waals surface area contributed by atoms with Crippen molar-refractivity contribution in [2.75, 3.05) is 7.05 Å². The molecule has 2 aliphatic carbocycles.